The van der Waals surface area contributed by atoms with Crippen molar-refractivity contribution in [1.29, 1.82) is 0 Å². The molecule has 3 nitrogen and oxygen atoms in total. The van der Waals surface area contributed by atoms with Gasteiger partial charge < -0.3 is 5.32 Å². The first-order chi connectivity index (χ1) is 11.3. The van der Waals surface area contributed by atoms with Gasteiger partial charge in [-0.25, -0.2) is 0 Å². The zero-order valence-electron chi connectivity index (χ0n) is 13.8. The molecule has 0 heterocycles. The van der Waals surface area contributed by atoms with Gasteiger partial charge in [0.25, 0.3) is 0 Å². The average molecular weight is 330 g/mol. The van der Waals surface area contributed by atoms with Gasteiger partial charge in [0.15, 0.2) is 5.11 Å². The first-order valence-corrected chi connectivity index (χ1v) is 9.42. The molecule has 1 unspecified atom stereocenters. The van der Waals surface area contributed by atoms with Crippen molar-refractivity contribution in [3.63, 3.8) is 0 Å². The number of rotatable bonds is 3. The number of benzene rings is 1. The summed E-state index contributed by atoms with van der Waals surface area (Å²) in [4.78, 5) is 0. The van der Waals surface area contributed by atoms with Crippen molar-refractivity contribution < 1.29 is 0 Å². The van der Waals surface area contributed by atoms with E-state index in [1.807, 2.05) is 30.3 Å². The number of hydrogen-bond acceptors (Lipinski definition) is 2. The fourth-order valence-electron chi connectivity index (χ4n) is 4.01. The smallest absolute Gasteiger partial charge is 0.191 e. The van der Waals surface area contributed by atoms with E-state index in [1.165, 1.54) is 57.1 Å². The zero-order valence-corrected chi connectivity index (χ0v) is 14.6. The van der Waals surface area contributed by atoms with Gasteiger partial charge in [0.2, 0.25) is 0 Å². The SMILES string of the molecule is S=C(NN=C1CCCCC1C1CCCCC1)Nc1ccccc1. The van der Waals surface area contributed by atoms with Crippen LogP contribution >= 0.6 is 12.2 Å². The summed E-state index contributed by atoms with van der Waals surface area (Å²) in [6.07, 6.45) is 12.0. The summed E-state index contributed by atoms with van der Waals surface area (Å²) < 4.78 is 0. The van der Waals surface area contributed by atoms with Gasteiger partial charge in [0, 0.05) is 17.3 Å². The first kappa shape index (κ1) is 16.4. The molecule has 0 aliphatic heterocycles. The van der Waals surface area contributed by atoms with Gasteiger partial charge in [0.1, 0.15) is 0 Å². The molecule has 0 amide bonds. The largest absolute Gasteiger partial charge is 0.331 e. The molecular formula is C19H27N3S. The second-order valence-corrected chi connectivity index (χ2v) is 7.19. The molecule has 1 atom stereocenters. The van der Waals surface area contributed by atoms with E-state index in [4.69, 9.17) is 17.3 Å². The number of thiocarbonyl (C=S) groups is 1. The minimum atomic E-state index is 0.580. The fourth-order valence-corrected chi connectivity index (χ4v) is 4.17. The highest BCUT2D eigenvalue weighted by molar-refractivity contribution is 7.80. The van der Waals surface area contributed by atoms with Crippen LogP contribution in [0.3, 0.4) is 0 Å². The van der Waals surface area contributed by atoms with Gasteiger partial charge >= 0.3 is 0 Å². The Morgan fingerprint density at radius 3 is 2.48 bits per heavy atom. The maximum atomic E-state index is 5.37. The Morgan fingerprint density at radius 2 is 1.70 bits per heavy atom. The Balaban J connectivity index is 1.58. The zero-order chi connectivity index (χ0) is 15.9. The van der Waals surface area contributed by atoms with Crippen molar-refractivity contribution in [3.05, 3.63) is 30.3 Å². The predicted molar refractivity (Wildman–Crippen MR) is 102 cm³/mol. The third kappa shape index (κ3) is 4.77. The Labute approximate surface area is 144 Å². The van der Waals surface area contributed by atoms with Crippen LogP contribution in [0.5, 0.6) is 0 Å². The Kier molecular flexibility index (Phi) is 6.03. The monoisotopic (exact) mass is 329 g/mol. The van der Waals surface area contributed by atoms with E-state index in [-0.39, 0.29) is 0 Å². The lowest BCUT2D eigenvalue weighted by Gasteiger charge is -2.34. The number of anilines is 1. The van der Waals surface area contributed by atoms with Gasteiger partial charge in [-0.15, -0.1) is 0 Å². The highest BCUT2D eigenvalue weighted by atomic mass is 32.1. The molecule has 0 aromatic heterocycles. The molecule has 0 radical (unpaired) electrons. The van der Waals surface area contributed by atoms with E-state index in [0.717, 1.165) is 18.0 Å². The fraction of sp³-hybridized carbons (Fsp3) is 0.579. The van der Waals surface area contributed by atoms with Crippen molar-refractivity contribution in [1.82, 2.24) is 5.43 Å². The number of para-hydroxylation sites is 1. The summed E-state index contributed by atoms with van der Waals surface area (Å²) in [6, 6.07) is 10.0. The number of hydrogen-bond donors (Lipinski definition) is 2. The lowest BCUT2D eigenvalue weighted by atomic mass is 9.72. The highest BCUT2D eigenvalue weighted by Gasteiger charge is 2.29. The summed E-state index contributed by atoms with van der Waals surface area (Å²) in [6.45, 7) is 0. The van der Waals surface area contributed by atoms with Gasteiger partial charge in [-0.05, 0) is 62.4 Å². The third-order valence-corrected chi connectivity index (χ3v) is 5.37. The molecular weight excluding hydrogens is 302 g/mol. The molecule has 124 valence electrons. The molecule has 23 heavy (non-hydrogen) atoms. The van der Waals surface area contributed by atoms with Crippen LogP contribution in [-0.4, -0.2) is 10.8 Å². The standard InChI is InChI=1S/C19H27N3S/c23-19(20-16-11-5-2-6-12-16)22-21-18-14-8-7-13-17(18)15-9-3-1-4-10-15/h2,5-6,11-12,15,17H,1,3-4,7-10,13-14H2,(H2,20,22,23). The summed E-state index contributed by atoms with van der Waals surface area (Å²) in [5.41, 5.74) is 5.42. The molecule has 1 aromatic rings. The topological polar surface area (TPSA) is 36.4 Å². The maximum Gasteiger partial charge on any atom is 0.191 e. The quantitative estimate of drug-likeness (QED) is 0.598. The molecule has 2 aliphatic carbocycles. The number of nitrogens with one attached hydrogen (secondary N) is 2. The van der Waals surface area contributed by atoms with Gasteiger partial charge in [-0.2, -0.15) is 5.10 Å². The molecule has 2 N–H and O–H groups in total. The van der Waals surface area contributed by atoms with Crippen molar-refractivity contribution in [3.8, 4) is 0 Å². The number of nitrogens with zero attached hydrogens (tertiary/aromatic N) is 1. The second kappa shape index (κ2) is 8.44. The highest BCUT2D eigenvalue weighted by Crippen LogP contribution is 2.36. The van der Waals surface area contributed by atoms with Crippen molar-refractivity contribution >= 4 is 28.7 Å². The Morgan fingerprint density at radius 1 is 0.957 bits per heavy atom. The lowest BCUT2D eigenvalue weighted by Crippen LogP contribution is -2.32. The van der Waals surface area contributed by atoms with Crippen LogP contribution in [0, 0.1) is 11.8 Å². The molecule has 1 aromatic carbocycles. The minimum absolute atomic E-state index is 0.580. The van der Waals surface area contributed by atoms with Crippen molar-refractivity contribution in [2.45, 2.75) is 57.8 Å². The predicted octanol–water partition coefficient (Wildman–Crippen LogP) is 5.10. The van der Waals surface area contributed by atoms with Gasteiger partial charge in [-0.1, -0.05) is 43.9 Å². The Bertz CT molecular complexity index is 535. The van der Waals surface area contributed by atoms with E-state index in [1.54, 1.807) is 0 Å². The normalized spacial score (nSPS) is 24.3. The van der Waals surface area contributed by atoms with E-state index < -0.39 is 0 Å². The second-order valence-electron chi connectivity index (χ2n) is 6.79. The van der Waals surface area contributed by atoms with Crippen LogP contribution in [0.4, 0.5) is 5.69 Å². The van der Waals surface area contributed by atoms with Crippen LogP contribution in [0.15, 0.2) is 35.4 Å². The van der Waals surface area contributed by atoms with E-state index >= 15 is 0 Å². The molecule has 2 aliphatic rings. The number of hydrazone groups is 1. The Hall–Kier alpha value is -1.42. The molecule has 0 spiro atoms. The van der Waals surface area contributed by atoms with E-state index in [2.05, 4.69) is 10.7 Å². The van der Waals surface area contributed by atoms with Crippen LogP contribution in [0.25, 0.3) is 0 Å². The average Bonchev–Trinajstić information content (AvgIpc) is 2.62. The van der Waals surface area contributed by atoms with Crippen molar-refractivity contribution in [2.75, 3.05) is 5.32 Å². The van der Waals surface area contributed by atoms with Crippen LogP contribution in [-0.2, 0) is 0 Å². The third-order valence-electron chi connectivity index (χ3n) is 5.18. The van der Waals surface area contributed by atoms with Gasteiger partial charge in [0.05, 0.1) is 0 Å². The molecule has 0 saturated heterocycles. The summed E-state index contributed by atoms with van der Waals surface area (Å²) in [5.74, 6) is 1.52. The van der Waals surface area contributed by atoms with E-state index in [9.17, 15) is 0 Å². The summed E-state index contributed by atoms with van der Waals surface area (Å²) in [5, 5.41) is 8.47. The van der Waals surface area contributed by atoms with E-state index in [0.29, 0.717) is 11.0 Å². The molecule has 2 fully saturated rings. The molecule has 4 heteroatoms. The summed E-state index contributed by atoms with van der Waals surface area (Å²) >= 11 is 5.37. The molecule has 2 saturated carbocycles. The minimum Gasteiger partial charge on any atom is -0.331 e. The van der Waals surface area contributed by atoms with Crippen LogP contribution in [0.1, 0.15) is 57.8 Å². The van der Waals surface area contributed by atoms with Gasteiger partial charge in [-0.3, -0.25) is 5.43 Å². The van der Waals surface area contributed by atoms with Crippen molar-refractivity contribution in [2.24, 2.45) is 16.9 Å². The first-order valence-electron chi connectivity index (χ1n) is 9.01. The molecule has 3 rings (SSSR count). The summed E-state index contributed by atoms with van der Waals surface area (Å²) in [7, 11) is 0. The van der Waals surface area contributed by atoms with Crippen LogP contribution in [0.2, 0.25) is 0 Å². The molecule has 0 bridgehead atoms. The maximum absolute atomic E-state index is 5.37. The lowest BCUT2D eigenvalue weighted by molar-refractivity contribution is 0.274. The van der Waals surface area contributed by atoms with Crippen LogP contribution < -0.4 is 10.7 Å².